The van der Waals surface area contributed by atoms with Gasteiger partial charge < -0.3 is 19.5 Å². The lowest BCUT2D eigenvalue weighted by Gasteiger charge is -2.24. The number of aromatic nitrogens is 2. The van der Waals surface area contributed by atoms with Crippen LogP contribution < -0.4 is 5.32 Å². The van der Waals surface area contributed by atoms with E-state index in [2.05, 4.69) is 45.7 Å². The zero-order chi connectivity index (χ0) is 15.9. The van der Waals surface area contributed by atoms with Gasteiger partial charge in [-0.2, -0.15) is 0 Å². The summed E-state index contributed by atoms with van der Waals surface area (Å²) in [6.45, 7) is 8.83. The lowest BCUT2D eigenvalue weighted by atomic mass is 10.1. The largest absolute Gasteiger partial charge is 0.381 e. The number of imidazole rings is 1. The van der Waals surface area contributed by atoms with Gasteiger partial charge in [0.15, 0.2) is 5.96 Å². The topological polar surface area (TPSA) is 54.7 Å². The van der Waals surface area contributed by atoms with Crippen molar-refractivity contribution in [2.45, 2.75) is 33.4 Å². The fraction of sp³-hybridized carbons (Fsp3) is 0.750. The molecule has 1 atom stereocenters. The monoisotopic (exact) mass is 307 g/mol. The Morgan fingerprint density at radius 3 is 3.05 bits per heavy atom. The maximum atomic E-state index is 5.44. The van der Waals surface area contributed by atoms with Crippen molar-refractivity contribution in [2.24, 2.45) is 16.8 Å². The minimum atomic E-state index is 0.603. The van der Waals surface area contributed by atoms with Crippen molar-refractivity contribution in [1.29, 1.82) is 0 Å². The minimum Gasteiger partial charge on any atom is -0.381 e. The van der Waals surface area contributed by atoms with Crippen LogP contribution in [0.25, 0.3) is 0 Å². The third kappa shape index (κ3) is 4.73. The summed E-state index contributed by atoms with van der Waals surface area (Å²) < 4.78 is 7.65. The quantitative estimate of drug-likeness (QED) is 0.640. The van der Waals surface area contributed by atoms with Gasteiger partial charge in [0.25, 0.3) is 0 Å². The summed E-state index contributed by atoms with van der Waals surface area (Å²) in [5, 5.41) is 3.41. The minimum absolute atomic E-state index is 0.603. The van der Waals surface area contributed by atoms with Crippen molar-refractivity contribution in [1.82, 2.24) is 19.8 Å². The van der Waals surface area contributed by atoms with Crippen LogP contribution in [-0.4, -0.2) is 54.3 Å². The van der Waals surface area contributed by atoms with E-state index in [4.69, 9.17) is 4.74 Å². The Kier molecular flexibility index (Phi) is 6.24. The smallest absolute Gasteiger partial charge is 0.193 e. The first-order valence-electron chi connectivity index (χ1n) is 8.09. The summed E-state index contributed by atoms with van der Waals surface area (Å²) in [6, 6.07) is 0. The standard InChI is InChI=1S/C16H29N5O/c1-13(2)10-21-7-6-18-15(21)9-19-16(17-3)20(4)11-14-5-8-22-12-14/h6-7,13-14H,5,8-12H2,1-4H3,(H,17,19). The molecule has 0 radical (unpaired) electrons. The SMILES string of the molecule is CN=C(NCc1nccn1CC(C)C)N(C)CC1CCOC1. The fourth-order valence-electron chi connectivity index (χ4n) is 2.81. The van der Waals surface area contributed by atoms with E-state index in [1.54, 1.807) is 0 Å². The number of guanidine groups is 1. The zero-order valence-corrected chi connectivity index (χ0v) is 14.2. The molecule has 0 aliphatic carbocycles. The van der Waals surface area contributed by atoms with Gasteiger partial charge in [-0.1, -0.05) is 13.8 Å². The molecule has 6 heteroatoms. The molecule has 22 heavy (non-hydrogen) atoms. The van der Waals surface area contributed by atoms with Gasteiger partial charge in [0.1, 0.15) is 5.82 Å². The van der Waals surface area contributed by atoms with Crippen LogP contribution in [0.1, 0.15) is 26.1 Å². The molecule has 2 heterocycles. The van der Waals surface area contributed by atoms with Gasteiger partial charge in [-0.25, -0.2) is 4.98 Å². The molecule has 1 aromatic heterocycles. The number of nitrogens with zero attached hydrogens (tertiary/aromatic N) is 4. The van der Waals surface area contributed by atoms with E-state index in [1.165, 1.54) is 0 Å². The number of aliphatic imine (C=N–C) groups is 1. The molecule has 1 saturated heterocycles. The maximum Gasteiger partial charge on any atom is 0.193 e. The third-order valence-corrected chi connectivity index (χ3v) is 3.90. The van der Waals surface area contributed by atoms with E-state index in [1.807, 2.05) is 19.4 Å². The number of hydrogen-bond donors (Lipinski definition) is 1. The second kappa shape index (κ2) is 8.17. The average Bonchev–Trinajstić information content (AvgIpc) is 3.11. The van der Waals surface area contributed by atoms with Crippen LogP contribution in [-0.2, 0) is 17.8 Å². The molecular formula is C16H29N5O. The van der Waals surface area contributed by atoms with Gasteiger partial charge in [-0.15, -0.1) is 0 Å². The first kappa shape index (κ1) is 16.8. The van der Waals surface area contributed by atoms with Crippen LogP contribution in [0.5, 0.6) is 0 Å². The molecular weight excluding hydrogens is 278 g/mol. The second-order valence-electron chi connectivity index (χ2n) is 6.40. The molecule has 1 fully saturated rings. The van der Waals surface area contributed by atoms with E-state index in [-0.39, 0.29) is 0 Å². The van der Waals surface area contributed by atoms with Crippen molar-refractivity contribution >= 4 is 5.96 Å². The summed E-state index contributed by atoms with van der Waals surface area (Å²) in [5.74, 6) is 3.17. The molecule has 1 unspecified atom stereocenters. The summed E-state index contributed by atoms with van der Waals surface area (Å²) >= 11 is 0. The first-order valence-corrected chi connectivity index (χ1v) is 8.09. The van der Waals surface area contributed by atoms with Crippen molar-refractivity contribution in [3.05, 3.63) is 18.2 Å². The zero-order valence-electron chi connectivity index (χ0n) is 14.2. The molecule has 1 aromatic rings. The number of nitrogens with one attached hydrogen (secondary N) is 1. The third-order valence-electron chi connectivity index (χ3n) is 3.90. The predicted molar refractivity (Wildman–Crippen MR) is 88.8 cm³/mol. The predicted octanol–water partition coefficient (Wildman–Crippen LogP) is 1.58. The van der Waals surface area contributed by atoms with Gasteiger partial charge >= 0.3 is 0 Å². The van der Waals surface area contributed by atoms with Crippen molar-refractivity contribution in [3.63, 3.8) is 0 Å². The molecule has 1 N–H and O–H groups in total. The van der Waals surface area contributed by atoms with Gasteiger partial charge in [0, 0.05) is 52.1 Å². The normalized spacial score (nSPS) is 19.0. The number of rotatable bonds is 6. The van der Waals surface area contributed by atoms with Crippen molar-refractivity contribution in [3.8, 4) is 0 Å². The Hall–Kier alpha value is -1.56. The molecule has 0 saturated carbocycles. The van der Waals surface area contributed by atoms with Crippen LogP contribution in [0, 0.1) is 11.8 Å². The molecule has 0 spiro atoms. The van der Waals surface area contributed by atoms with Crippen molar-refractivity contribution in [2.75, 3.05) is 33.9 Å². The van der Waals surface area contributed by atoms with Crippen LogP contribution in [0.3, 0.4) is 0 Å². The highest BCUT2D eigenvalue weighted by molar-refractivity contribution is 5.79. The Balaban J connectivity index is 1.86. The van der Waals surface area contributed by atoms with Crippen LogP contribution in [0.2, 0.25) is 0 Å². The highest BCUT2D eigenvalue weighted by Crippen LogP contribution is 2.13. The van der Waals surface area contributed by atoms with Crippen LogP contribution >= 0.6 is 0 Å². The molecule has 0 amide bonds. The first-order chi connectivity index (χ1) is 10.6. The lowest BCUT2D eigenvalue weighted by Crippen LogP contribution is -2.41. The highest BCUT2D eigenvalue weighted by atomic mass is 16.5. The van der Waals surface area contributed by atoms with Crippen LogP contribution in [0.4, 0.5) is 0 Å². The Morgan fingerprint density at radius 1 is 1.59 bits per heavy atom. The van der Waals surface area contributed by atoms with Gasteiger partial charge in [-0.05, 0) is 12.3 Å². The molecule has 0 aromatic carbocycles. The maximum absolute atomic E-state index is 5.44. The van der Waals surface area contributed by atoms with E-state index in [0.29, 0.717) is 18.4 Å². The molecule has 0 bridgehead atoms. The molecule has 6 nitrogen and oxygen atoms in total. The van der Waals surface area contributed by atoms with Crippen molar-refractivity contribution < 1.29 is 4.74 Å². The summed E-state index contributed by atoms with van der Waals surface area (Å²) in [4.78, 5) is 11.0. The highest BCUT2D eigenvalue weighted by Gasteiger charge is 2.19. The number of ether oxygens (including phenoxy) is 1. The molecule has 2 rings (SSSR count). The van der Waals surface area contributed by atoms with E-state index in [0.717, 1.165) is 44.5 Å². The van der Waals surface area contributed by atoms with Gasteiger partial charge in [0.05, 0.1) is 13.2 Å². The second-order valence-corrected chi connectivity index (χ2v) is 6.40. The van der Waals surface area contributed by atoms with E-state index < -0.39 is 0 Å². The summed E-state index contributed by atoms with van der Waals surface area (Å²) in [6.07, 6.45) is 5.04. The van der Waals surface area contributed by atoms with Gasteiger partial charge in [0.2, 0.25) is 0 Å². The van der Waals surface area contributed by atoms with Crippen LogP contribution in [0.15, 0.2) is 17.4 Å². The fourth-order valence-corrected chi connectivity index (χ4v) is 2.81. The summed E-state index contributed by atoms with van der Waals surface area (Å²) in [7, 11) is 3.90. The molecule has 1 aliphatic rings. The Bertz CT molecular complexity index is 477. The van der Waals surface area contributed by atoms with E-state index in [9.17, 15) is 0 Å². The Labute approximate surface area is 133 Å². The lowest BCUT2D eigenvalue weighted by molar-refractivity contribution is 0.181. The molecule has 124 valence electrons. The molecule has 1 aliphatic heterocycles. The average molecular weight is 307 g/mol. The van der Waals surface area contributed by atoms with E-state index >= 15 is 0 Å². The number of hydrogen-bond acceptors (Lipinski definition) is 3. The van der Waals surface area contributed by atoms with Gasteiger partial charge in [-0.3, -0.25) is 4.99 Å². The Morgan fingerprint density at radius 2 is 2.41 bits per heavy atom. The summed E-state index contributed by atoms with van der Waals surface area (Å²) in [5.41, 5.74) is 0.